The summed E-state index contributed by atoms with van der Waals surface area (Å²) in [7, 11) is 0. The summed E-state index contributed by atoms with van der Waals surface area (Å²) >= 11 is 1.10. The third-order valence-electron chi connectivity index (χ3n) is 3.60. The molecule has 9 heteroatoms. The maximum absolute atomic E-state index is 12.1. The van der Waals surface area contributed by atoms with Gasteiger partial charge in [-0.25, -0.2) is 4.98 Å². The number of carbonyl (C=O) groups excluding carboxylic acids is 1. The molecule has 0 saturated heterocycles. The first-order chi connectivity index (χ1) is 11.8. The van der Waals surface area contributed by atoms with Crippen molar-refractivity contribution in [3.8, 4) is 0 Å². The quantitative estimate of drug-likeness (QED) is 0.353. The Morgan fingerprint density at radius 2 is 2.12 bits per heavy atom. The highest BCUT2D eigenvalue weighted by atomic mass is 32.2. The van der Waals surface area contributed by atoms with E-state index in [0.29, 0.717) is 28.5 Å². The van der Waals surface area contributed by atoms with E-state index in [1.165, 1.54) is 12.1 Å². The number of thioether (sulfide) groups is 1. The van der Waals surface area contributed by atoms with E-state index in [1.54, 1.807) is 19.9 Å². The molecule has 2 aromatic rings. The minimum atomic E-state index is -0.517. The summed E-state index contributed by atoms with van der Waals surface area (Å²) in [4.78, 5) is 41.2. The second-order valence-electron chi connectivity index (χ2n) is 5.38. The SMILES string of the molecule is CCc1c(C)nc(SCC(=O)Nc2cc([N+](=O)[O-])ccc2C)[nH]c1=O. The standard InChI is InChI=1S/C16H18N4O4S/c1-4-12-10(3)17-16(19-15(12)22)25-8-14(21)18-13-7-11(20(23)24)6-5-9(13)2/h5-7H,4,8H2,1-3H3,(H,18,21)(H,17,19,22). The number of H-pyrrole nitrogens is 1. The Hall–Kier alpha value is -2.68. The lowest BCUT2D eigenvalue weighted by molar-refractivity contribution is -0.384. The second kappa shape index (κ2) is 7.93. The van der Waals surface area contributed by atoms with E-state index in [4.69, 9.17) is 0 Å². The summed E-state index contributed by atoms with van der Waals surface area (Å²) in [6.45, 7) is 5.38. The van der Waals surface area contributed by atoms with Gasteiger partial charge in [-0.15, -0.1) is 0 Å². The van der Waals surface area contributed by atoms with E-state index in [-0.39, 0.29) is 22.9 Å². The van der Waals surface area contributed by atoms with Crippen LogP contribution in [0.2, 0.25) is 0 Å². The molecule has 25 heavy (non-hydrogen) atoms. The number of carbonyl (C=O) groups is 1. The van der Waals surface area contributed by atoms with Gasteiger partial charge in [0, 0.05) is 23.4 Å². The average Bonchev–Trinajstić information content (AvgIpc) is 2.54. The first kappa shape index (κ1) is 18.7. The Kier molecular flexibility index (Phi) is 5.92. The van der Waals surface area contributed by atoms with Crippen molar-refractivity contribution in [3.05, 3.63) is 55.5 Å². The van der Waals surface area contributed by atoms with Crippen LogP contribution in [0.15, 0.2) is 28.2 Å². The van der Waals surface area contributed by atoms with Crippen molar-refractivity contribution < 1.29 is 9.72 Å². The van der Waals surface area contributed by atoms with Crippen molar-refractivity contribution in [2.24, 2.45) is 0 Å². The number of nitro groups is 1. The summed E-state index contributed by atoms with van der Waals surface area (Å²) in [5.41, 5.74) is 2.08. The molecule has 0 spiro atoms. The molecule has 8 nitrogen and oxygen atoms in total. The van der Waals surface area contributed by atoms with Crippen molar-refractivity contribution in [1.82, 2.24) is 9.97 Å². The zero-order valence-corrected chi connectivity index (χ0v) is 14.9. The van der Waals surface area contributed by atoms with Crippen LogP contribution in [0.3, 0.4) is 0 Å². The first-order valence-electron chi connectivity index (χ1n) is 7.59. The molecule has 2 N–H and O–H groups in total. The molecule has 1 aromatic carbocycles. The van der Waals surface area contributed by atoms with Gasteiger partial charge in [0.25, 0.3) is 11.2 Å². The van der Waals surface area contributed by atoms with Crippen LogP contribution < -0.4 is 10.9 Å². The van der Waals surface area contributed by atoms with Crippen LogP contribution in [0.1, 0.15) is 23.7 Å². The number of amides is 1. The fraction of sp³-hybridized carbons (Fsp3) is 0.312. The topological polar surface area (TPSA) is 118 Å². The molecular formula is C16H18N4O4S. The van der Waals surface area contributed by atoms with E-state index in [9.17, 15) is 19.7 Å². The van der Waals surface area contributed by atoms with Gasteiger partial charge in [-0.05, 0) is 25.8 Å². The molecular weight excluding hydrogens is 344 g/mol. The van der Waals surface area contributed by atoms with Gasteiger partial charge < -0.3 is 10.3 Å². The number of hydrogen-bond donors (Lipinski definition) is 2. The van der Waals surface area contributed by atoms with Gasteiger partial charge in [-0.2, -0.15) is 0 Å². The number of hydrogen-bond acceptors (Lipinski definition) is 6. The minimum Gasteiger partial charge on any atom is -0.325 e. The van der Waals surface area contributed by atoms with Crippen LogP contribution in [0, 0.1) is 24.0 Å². The van der Waals surface area contributed by atoms with Crippen molar-refractivity contribution in [2.45, 2.75) is 32.3 Å². The molecule has 0 fully saturated rings. The van der Waals surface area contributed by atoms with Gasteiger partial charge >= 0.3 is 0 Å². The number of aryl methyl sites for hydroxylation is 2. The molecule has 1 heterocycles. The summed E-state index contributed by atoms with van der Waals surface area (Å²) in [5, 5.41) is 13.8. The van der Waals surface area contributed by atoms with E-state index < -0.39 is 4.92 Å². The minimum absolute atomic E-state index is 0.0238. The lowest BCUT2D eigenvalue weighted by atomic mass is 10.2. The molecule has 2 rings (SSSR count). The highest BCUT2D eigenvalue weighted by Crippen LogP contribution is 2.22. The van der Waals surface area contributed by atoms with Crippen molar-refractivity contribution in [1.29, 1.82) is 0 Å². The Balaban J connectivity index is 2.05. The zero-order chi connectivity index (χ0) is 18.6. The van der Waals surface area contributed by atoms with Crippen LogP contribution in [-0.4, -0.2) is 26.6 Å². The predicted octanol–water partition coefficient (Wildman–Crippen LogP) is 2.59. The van der Waals surface area contributed by atoms with Gasteiger partial charge in [-0.3, -0.25) is 19.7 Å². The highest BCUT2D eigenvalue weighted by molar-refractivity contribution is 7.99. The van der Waals surface area contributed by atoms with Gasteiger partial charge in [-0.1, -0.05) is 24.8 Å². The molecule has 0 aliphatic carbocycles. The molecule has 0 aliphatic heterocycles. The number of aromatic amines is 1. The molecule has 1 aromatic heterocycles. The summed E-state index contributed by atoms with van der Waals surface area (Å²) in [6, 6.07) is 4.28. The van der Waals surface area contributed by atoms with E-state index >= 15 is 0 Å². The zero-order valence-electron chi connectivity index (χ0n) is 14.1. The molecule has 0 aliphatic rings. The molecule has 132 valence electrons. The maximum Gasteiger partial charge on any atom is 0.271 e. The highest BCUT2D eigenvalue weighted by Gasteiger charge is 2.13. The van der Waals surface area contributed by atoms with Gasteiger partial charge in [0.05, 0.1) is 16.4 Å². The second-order valence-corrected chi connectivity index (χ2v) is 6.35. The van der Waals surface area contributed by atoms with Crippen LogP contribution in [-0.2, 0) is 11.2 Å². The van der Waals surface area contributed by atoms with E-state index in [1.807, 2.05) is 6.92 Å². The van der Waals surface area contributed by atoms with E-state index in [2.05, 4.69) is 15.3 Å². The van der Waals surface area contributed by atoms with E-state index in [0.717, 1.165) is 17.3 Å². The average molecular weight is 362 g/mol. The molecule has 0 bridgehead atoms. The largest absolute Gasteiger partial charge is 0.325 e. The fourth-order valence-electron chi connectivity index (χ4n) is 2.25. The number of anilines is 1. The summed E-state index contributed by atoms with van der Waals surface area (Å²) in [5.74, 6) is -0.316. The molecule has 0 saturated carbocycles. The van der Waals surface area contributed by atoms with Crippen LogP contribution in [0.5, 0.6) is 0 Å². The lowest BCUT2D eigenvalue weighted by Crippen LogP contribution is -2.18. The van der Waals surface area contributed by atoms with Crippen LogP contribution in [0.4, 0.5) is 11.4 Å². The number of aromatic nitrogens is 2. The fourth-order valence-corrected chi connectivity index (χ4v) is 2.95. The molecule has 0 unspecified atom stereocenters. The smallest absolute Gasteiger partial charge is 0.271 e. The normalized spacial score (nSPS) is 10.5. The Morgan fingerprint density at radius 3 is 2.72 bits per heavy atom. The molecule has 1 amide bonds. The number of rotatable bonds is 6. The molecule has 0 radical (unpaired) electrons. The third kappa shape index (κ3) is 4.66. The summed E-state index contributed by atoms with van der Waals surface area (Å²) in [6.07, 6.45) is 0.589. The van der Waals surface area contributed by atoms with Crippen molar-refractivity contribution in [3.63, 3.8) is 0 Å². The first-order valence-corrected chi connectivity index (χ1v) is 8.57. The molecule has 0 atom stereocenters. The number of benzene rings is 1. The predicted molar refractivity (Wildman–Crippen MR) is 96.2 cm³/mol. The van der Waals surface area contributed by atoms with Crippen molar-refractivity contribution in [2.75, 3.05) is 11.1 Å². The maximum atomic E-state index is 12.1. The summed E-state index contributed by atoms with van der Waals surface area (Å²) < 4.78 is 0. The Bertz CT molecular complexity index is 879. The number of nitrogens with one attached hydrogen (secondary N) is 2. The monoisotopic (exact) mass is 362 g/mol. The van der Waals surface area contributed by atoms with Crippen LogP contribution in [0.25, 0.3) is 0 Å². The Labute approximate surface area is 148 Å². The number of nitrogens with zero attached hydrogens (tertiary/aromatic N) is 2. The van der Waals surface area contributed by atoms with Gasteiger partial charge in [0.2, 0.25) is 5.91 Å². The van der Waals surface area contributed by atoms with Crippen LogP contribution >= 0.6 is 11.8 Å². The Morgan fingerprint density at radius 1 is 1.40 bits per heavy atom. The third-order valence-corrected chi connectivity index (χ3v) is 4.47. The van der Waals surface area contributed by atoms with Gasteiger partial charge in [0.15, 0.2) is 5.16 Å². The lowest BCUT2D eigenvalue weighted by Gasteiger charge is -2.08. The van der Waals surface area contributed by atoms with Gasteiger partial charge in [0.1, 0.15) is 0 Å². The van der Waals surface area contributed by atoms with Crippen molar-refractivity contribution >= 4 is 29.0 Å². The number of nitro benzene ring substituents is 1. The number of non-ortho nitro benzene ring substituents is 1.